The topological polar surface area (TPSA) is 11.4 Å². The van der Waals surface area contributed by atoms with E-state index in [1.165, 1.54) is 75.5 Å². The molecule has 3 nitrogen and oxygen atoms in total. The van der Waals surface area contributed by atoms with Crippen molar-refractivity contribution in [3.63, 3.8) is 0 Å². The van der Waals surface area contributed by atoms with E-state index >= 15 is 0 Å². The number of para-hydroxylation sites is 4. The zero-order chi connectivity index (χ0) is 27.8. The van der Waals surface area contributed by atoms with Gasteiger partial charge in [-0.25, -0.2) is 0 Å². The van der Waals surface area contributed by atoms with Crippen LogP contribution in [0.15, 0.2) is 153 Å². The van der Waals surface area contributed by atoms with E-state index in [0.29, 0.717) is 0 Å². The fourth-order valence-electron chi connectivity index (χ4n) is 6.43. The van der Waals surface area contributed by atoms with E-state index < -0.39 is 0 Å². The largest absolute Gasteiger partial charge is 0.343 e. The summed E-state index contributed by atoms with van der Waals surface area (Å²) in [6.45, 7) is 0. The number of hydrogen-bond donors (Lipinski definition) is 0. The van der Waals surface area contributed by atoms with E-state index in [-0.39, 0.29) is 0 Å². The standard InChI is InChI=1S/C37H25N3S2/c1-38-30-20-18-24(39-28-12-4-2-10-26(28)27-11-3-5-13-29(27)39)22-36(30)42-37-23-25(19-21-31(37)38)40-32-14-6-8-16-34(32)41-35-17-9-7-15-33(35)40/h2-23H,1H3. The summed E-state index contributed by atoms with van der Waals surface area (Å²) in [7, 11) is 2.18. The molecule has 2 aliphatic heterocycles. The number of hydrogen-bond acceptors (Lipinski definition) is 4. The van der Waals surface area contributed by atoms with Crippen molar-refractivity contribution in [1.82, 2.24) is 4.57 Å². The molecular weight excluding hydrogens is 551 g/mol. The summed E-state index contributed by atoms with van der Waals surface area (Å²) in [5, 5.41) is 2.57. The van der Waals surface area contributed by atoms with Crippen LogP contribution < -0.4 is 9.80 Å². The molecule has 0 atom stereocenters. The minimum atomic E-state index is 1.18. The Kier molecular flexibility index (Phi) is 5.28. The molecule has 42 heavy (non-hydrogen) atoms. The molecule has 2 aliphatic rings. The van der Waals surface area contributed by atoms with Crippen molar-refractivity contribution < 1.29 is 0 Å². The van der Waals surface area contributed by atoms with Gasteiger partial charge in [-0.1, -0.05) is 84.2 Å². The normalized spacial score (nSPS) is 13.5. The van der Waals surface area contributed by atoms with E-state index in [1.54, 1.807) is 0 Å². The molecule has 9 rings (SSSR count). The summed E-state index contributed by atoms with van der Waals surface area (Å²) in [6, 6.07) is 48.6. The highest BCUT2D eigenvalue weighted by atomic mass is 32.2. The number of benzene rings is 6. The first-order valence-corrected chi connectivity index (χ1v) is 15.7. The van der Waals surface area contributed by atoms with Crippen LogP contribution in [-0.2, 0) is 0 Å². The minimum Gasteiger partial charge on any atom is -0.343 e. The minimum absolute atomic E-state index is 1.18. The fourth-order valence-corrected chi connectivity index (χ4v) is 8.71. The predicted molar refractivity (Wildman–Crippen MR) is 178 cm³/mol. The van der Waals surface area contributed by atoms with Crippen molar-refractivity contribution in [1.29, 1.82) is 0 Å². The molecule has 0 aliphatic carbocycles. The van der Waals surface area contributed by atoms with Crippen LogP contribution in [0.4, 0.5) is 28.4 Å². The molecule has 0 N–H and O–H groups in total. The highest BCUT2D eigenvalue weighted by molar-refractivity contribution is 8.00. The van der Waals surface area contributed by atoms with Crippen LogP contribution in [0.5, 0.6) is 0 Å². The Morgan fingerprint density at radius 2 is 0.905 bits per heavy atom. The summed E-state index contributed by atoms with van der Waals surface area (Å²) in [6.07, 6.45) is 0. The van der Waals surface area contributed by atoms with Crippen LogP contribution in [0.3, 0.4) is 0 Å². The van der Waals surface area contributed by atoms with E-state index in [1.807, 2.05) is 23.5 Å². The molecule has 7 aromatic rings. The van der Waals surface area contributed by atoms with Crippen LogP contribution in [0.1, 0.15) is 0 Å². The molecule has 0 fully saturated rings. The van der Waals surface area contributed by atoms with Crippen LogP contribution in [0.25, 0.3) is 27.5 Å². The second-order valence-corrected chi connectivity index (χ2v) is 12.9. The van der Waals surface area contributed by atoms with Crippen molar-refractivity contribution in [3.05, 3.63) is 133 Å². The molecule has 3 heterocycles. The molecule has 200 valence electrons. The molecule has 0 amide bonds. The van der Waals surface area contributed by atoms with Gasteiger partial charge in [0, 0.05) is 48.8 Å². The Morgan fingerprint density at radius 3 is 1.52 bits per heavy atom. The van der Waals surface area contributed by atoms with Crippen LogP contribution in [0.2, 0.25) is 0 Å². The van der Waals surface area contributed by atoms with E-state index in [4.69, 9.17) is 0 Å². The lowest BCUT2D eigenvalue weighted by molar-refractivity contribution is 1.08. The van der Waals surface area contributed by atoms with Crippen molar-refractivity contribution >= 4 is 73.8 Å². The highest BCUT2D eigenvalue weighted by Gasteiger charge is 2.27. The lowest BCUT2D eigenvalue weighted by Crippen LogP contribution is -2.17. The third kappa shape index (κ3) is 3.50. The van der Waals surface area contributed by atoms with Gasteiger partial charge in [-0.15, -0.1) is 0 Å². The number of rotatable bonds is 2. The van der Waals surface area contributed by atoms with Gasteiger partial charge < -0.3 is 14.4 Å². The average molecular weight is 576 g/mol. The first-order chi connectivity index (χ1) is 20.7. The third-order valence-corrected chi connectivity index (χ3v) is 10.6. The number of aromatic nitrogens is 1. The first kappa shape index (κ1) is 24.1. The van der Waals surface area contributed by atoms with E-state index in [0.717, 1.165) is 0 Å². The van der Waals surface area contributed by atoms with Gasteiger partial charge in [0.2, 0.25) is 0 Å². The predicted octanol–water partition coefficient (Wildman–Crippen LogP) is 11.0. The molecule has 0 bridgehead atoms. The van der Waals surface area contributed by atoms with Gasteiger partial charge in [0.15, 0.2) is 0 Å². The number of nitrogens with zero attached hydrogens (tertiary/aromatic N) is 3. The maximum absolute atomic E-state index is 2.41. The Balaban J connectivity index is 1.17. The Labute approximate surface area is 253 Å². The number of anilines is 5. The first-order valence-electron chi connectivity index (χ1n) is 14.1. The second-order valence-electron chi connectivity index (χ2n) is 10.7. The Bertz CT molecular complexity index is 2100. The van der Waals surface area contributed by atoms with E-state index in [9.17, 15) is 0 Å². The summed E-state index contributed by atoms with van der Waals surface area (Å²) in [5.41, 5.74) is 9.74. The summed E-state index contributed by atoms with van der Waals surface area (Å²) >= 11 is 3.71. The summed E-state index contributed by atoms with van der Waals surface area (Å²) in [5.74, 6) is 0. The third-order valence-electron chi connectivity index (χ3n) is 8.36. The Hall–Kier alpha value is -4.58. The summed E-state index contributed by atoms with van der Waals surface area (Å²) in [4.78, 5) is 9.81. The smallest absolute Gasteiger partial charge is 0.0601 e. The lowest BCUT2D eigenvalue weighted by atomic mass is 10.1. The monoisotopic (exact) mass is 575 g/mol. The zero-order valence-corrected chi connectivity index (χ0v) is 24.5. The fraction of sp³-hybridized carbons (Fsp3) is 0.0270. The SMILES string of the molecule is CN1c2ccc(N3c4ccccc4Sc4ccccc43)cc2Sc2cc(-n3c4ccccc4c4ccccc43)ccc21. The van der Waals surface area contributed by atoms with Crippen molar-refractivity contribution in [2.75, 3.05) is 16.8 Å². The van der Waals surface area contributed by atoms with Crippen molar-refractivity contribution in [2.24, 2.45) is 0 Å². The van der Waals surface area contributed by atoms with Crippen molar-refractivity contribution in [3.8, 4) is 5.69 Å². The zero-order valence-electron chi connectivity index (χ0n) is 22.9. The molecule has 0 saturated heterocycles. The van der Waals surface area contributed by atoms with Crippen LogP contribution in [0, 0.1) is 0 Å². The maximum atomic E-state index is 2.41. The molecule has 6 aromatic carbocycles. The van der Waals surface area contributed by atoms with Crippen LogP contribution in [-0.4, -0.2) is 11.6 Å². The quantitative estimate of drug-likeness (QED) is 0.203. The highest BCUT2D eigenvalue weighted by Crippen LogP contribution is 2.54. The van der Waals surface area contributed by atoms with Gasteiger partial charge in [0.1, 0.15) is 0 Å². The van der Waals surface area contributed by atoms with E-state index in [2.05, 4.69) is 155 Å². The maximum Gasteiger partial charge on any atom is 0.0601 e. The van der Waals surface area contributed by atoms with Gasteiger partial charge in [0.05, 0.1) is 33.8 Å². The van der Waals surface area contributed by atoms with Gasteiger partial charge in [0.25, 0.3) is 0 Å². The molecule has 0 spiro atoms. The molecule has 0 unspecified atom stereocenters. The van der Waals surface area contributed by atoms with Gasteiger partial charge in [-0.05, 0) is 72.8 Å². The molecular formula is C37H25N3S2. The Morgan fingerprint density at radius 1 is 0.429 bits per heavy atom. The molecule has 0 saturated carbocycles. The van der Waals surface area contributed by atoms with Crippen LogP contribution >= 0.6 is 23.5 Å². The van der Waals surface area contributed by atoms with Gasteiger partial charge in [-0.3, -0.25) is 0 Å². The second kappa shape index (κ2) is 9.21. The molecule has 5 heteroatoms. The average Bonchev–Trinajstić information content (AvgIpc) is 3.38. The summed E-state index contributed by atoms with van der Waals surface area (Å²) < 4.78 is 2.40. The van der Waals surface area contributed by atoms with Crippen molar-refractivity contribution in [2.45, 2.75) is 19.6 Å². The lowest BCUT2D eigenvalue weighted by Gasteiger charge is -2.35. The van der Waals surface area contributed by atoms with Gasteiger partial charge in [-0.2, -0.15) is 0 Å². The number of fused-ring (bicyclic) bond motifs is 7. The van der Waals surface area contributed by atoms with Gasteiger partial charge >= 0.3 is 0 Å². The molecule has 0 radical (unpaired) electrons. The molecule has 1 aromatic heterocycles.